The Morgan fingerprint density at radius 3 is 2.15 bits per heavy atom. The molecule has 2 aromatic rings. The standard InChI is InChI=1S/C21H19Cl4NO7/c1-11(32-14-3-5-16(23)18(25)7-14)20(28)33-21-30-8-12(9-31-21)26-19(27)10-29-13-2-4-15(22)17(24)6-13/h2-7,11-12,21H,8-10H2,1H3,(H,26,27). The molecule has 2 aromatic carbocycles. The van der Waals surface area contributed by atoms with Gasteiger partial charge in [-0.3, -0.25) is 4.79 Å². The van der Waals surface area contributed by atoms with Crippen LogP contribution in [0.3, 0.4) is 0 Å². The smallest absolute Gasteiger partial charge is 0.351 e. The molecular weight excluding hydrogens is 520 g/mol. The second kappa shape index (κ2) is 12.0. The van der Waals surface area contributed by atoms with Gasteiger partial charge in [-0.15, -0.1) is 0 Å². The molecule has 0 aliphatic carbocycles. The van der Waals surface area contributed by atoms with Crippen molar-refractivity contribution in [2.75, 3.05) is 19.8 Å². The van der Waals surface area contributed by atoms with Crippen LogP contribution in [0.1, 0.15) is 6.92 Å². The topological polar surface area (TPSA) is 92.3 Å². The number of nitrogens with one attached hydrogen (secondary N) is 1. The molecule has 33 heavy (non-hydrogen) atoms. The van der Waals surface area contributed by atoms with E-state index in [1.165, 1.54) is 19.1 Å². The highest BCUT2D eigenvalue weighted by atomic mass is 35.5. The summed E-state index contributed by atoms with van der Waals surface area (Å²) in [4.78, 5) is 24.3. The lowest BCUT2D eigenvalue weighted by molar-refractivity contribution is -0.303. The number of benzene rings is 2. The third-order valence-corrected chi connectivity index (χ3v) is 5.72. The summed E-state index contributed by atoms with van der Waals surface area (Å²) < 4.78 is 26.7. The molecule has 1 aliphatic rings. The Morgan fingerprint density at radius 2 is 1.55 bits per heavy atom. The van der Waals surface area contributed by atoms with Crippen LogP contribution in [0.5, 0.6) is 11.5 Å². The summed E-state index contributed by atoms with van der Waals surface area (Å²) in [6.07, 6.45) is -0.953. The van der Waals surface area contributed by atoms with Gasteiger partial charge in [-0.05, 0) is 31.2 Å². The first-order chi connectivity index (χ1) is 15.7. The van der Waals surface area contributed by atoms with Crippen LogP contribution in [-0.2, 0) is 23.8 Å². The summed E-state index contributed by atoms with van der Waals surface area (Å²) in [6, 6.07) is 8.83. The molecule has 0 bridgehead atoms. The normalized spacial score (nSPS) is 18.8. The molecule has 1 aliphatic heterocycles. The summed E-state index contributed by atoms with van der Waals surface area (Å²) in [5.41, 5.74) is 0. The highest BCUT2D eigenvalue weighted by Gasteiger charge is 2.28. The minimum absolute atomic E-state index is 0.0679. The predicted molar refractivity (Wildman–Crippen MR) is 122 cm³/mol. The van der Waals surface area contributed by atoms with Gasteiger partial charge in [-0.1, -0.05) is 46.4 Å². The third kappa shape index (κ3) is 7.81. The van der Waals surface area contributed by atoms with Crippen molar-refractivity contribution in [3.63, 3.8) is 0 Å². The second-order valence-corrected chi connectivity index (χ2v) is 8.49. The van der Waals surface area contributed by atoms with Gasteiger partial charge < -0.3 is 29.0 Å². The Kier molecular flexibility index (Phi) is 9.31. The van der Waals surface area contributed by atoms with Gasteiger partial charge in [0.15, 0.2) is 12.7 Å². The van der Waals surface area contributed by atoms with E-state index in [1.807, 2.05) is 0 Å². The molecule has 1 saturated heterocycles. The number of carbonyl (C=O) groups excluding carboxylic acids is 2. The minimum Gasteiger partial charge on any atom is -0.484 e. The molecule has 8 nitrogen and oxygen atoms in total. The first-order valence-electron chi connectivity index (χ1n) is 9.64. The van der Waals surface area contributed by atoms with Gasteiger partial charge in [0.25, 0.3) is 5.91 Å². The molecule has 0 spiro atoms. The first-order valence-corrected chi connectivity index (χ1v) is 11.1. The van der Waals surface area contributed by atoms with Crippen molar-refractivity contribution in [2.45, 2.75) is 25.5 Å². The van der Waals surface area contributed by atoms with Gasteiger partial charge >= 0.3 is 12.4 Å². The lowest BCUT2D eigenvalue weighted by Crippen LogP contribution is -2.49. The maximum Gasteiger partial charge on any atom is 0.351 e. The zero-order valence-electron chi connectivity index (χ0n) is 17.2. The highest BCUT2D eigenvalue weighted by Crippen LogP contribution is 2.27. The van der Waals surface area contributed by atoms with Crippen LogP contribution in [0, 0.1) is 0 Å². The van der Waals surface area contributed by atoms with E-state index in [1.54, 1.807) is 24.3 Å². The van der Waals surface area contributed by atoms with Gasteiger partial charge in [-0.2, -0.15) is 0 Å². The summed E-state index contributed by atoms with van der Waals surface area (Å²) in [5, 5.41) is 4.06. The van der Waals surface area contributed by atoms with Gasteiger partial charge in [0.1, 0.15) is 11.5 Å². The number of carbonyl (C=O) groups is 2. The Hall–Kier alpha value is -1.94. The SMILES string of the molecule is CC(Oc1ccc(Cl)c(Cl)c1)C(=O)OC1OCC(NC(=O)COc2ccc(Cl)c(Cl)c2)CO1. The number of ether oxygens (including phenoxy) is 5. The van der Waals surface area contributed by atoms with Crippen molar-refractivity contribution in [2.24, 2.45) is 0 Å². The lowest BCUT2D eigenvalue weighted by atomic mass is 10.3. The summed E-state index contributed by atoms with van der Waals surface area (Å²) in [7, 11) is 0. The molecule has 0 saturated carbocycles. The van der Waals surface area contributed by atoms with Gasteiger partial charge in [0.05, 0.1) is 39.3 Å². The van der Waals surface area contributed by atoms with Crippen LogP contribution in [0.4, 0.5) is 0 Å². The zero-order valence-corrected chi connectivity index (χ0v) is 20.2. The molecule has 1 fully saturated rings. The number of rotatable bonds is 8. The van der Waals surface area contributed by atoms with E-state index >= 15 is 0 Å². The third-order valence-electron chi connectivity index (χ3n) is 4.24. The highest BCUT2D eigenvalue weighted by molar-refractivity contribution is 6.42. The number of esters is 1. The summed E-state index contributed by atoms with van der Waals surface area (Å²) >= 11 is 23.5. The number of hydrogen-bond donors (Lipinski definition) is 1. The van der Waals surface area contributed by atoms with E-state index in [-0.39, 0.29) is 19.8 Å². The van der Waals surface area contributed by atoms with Crippen LogP contribution in [0.25, 0.3) is 0 Å². The monoisotopic (exact) mass is 537 g/mol. The molecule has 0 aromatic heterocycles. The predicted octanol–water partition coefficient (Wildman–Crippen LogP) is 4.50. The van der Waals surface area contributed by atoms with Gasteiger partial charge in [0.2, 0.25) is 0 Å². The Labute approximate surface area is 209 Å². The van der Waals surface area contributed by atoms with Crippen molar-refractivity contribution in [3.05, 3.63) is 56.5 Å². The molecule has 1 N–H and O–H groups in total. The maximum atomic E-state index is 12.2. The van der Waals surface area contributed by atoms with Crippen LogP contribution in [0.15, 0.2) is 36.4 Å². The Morgan fingerprint density at radius 1 is 0.970 bits per heavy atom. The lowest BCUT2D eigenvalue weighted by Gasteiger charge is -2.29. The fourth-order valence-electron chi connectivity index (χ4n) is 2.61. The van der Waals surface area contributed by atoms with E-state index in [9.17, 15) is 9.59 Å². The molecule has 3 rings (SSSR count). The van der Waals surface area contributed by atoms with E-state index in [4.69, 9.17) is 70.1 Å². The van der Waals surface area contributed by atoms with Crippen molar-refractivity contribution >= 4 is 58.3 Å². The van der Waals surface area contributed by atoms with Gasteiger partial charge in [0, 0.05) is 12.1 Å². The number of halogens is 4. The van der Waals surface area contributed by atoms with Crippen LogP contribution in [-0.4, -0.2) is 50.3 Å². The van der Waals surface area contributed by atoms with Crippen molar-refractivity contribution in [1.82, 2.24) is 5.32 Å². The van der Waals surface area contributed by atoms with Crippen molar-refractivity contribution in [1.29, 1.82) is 0 Å². The fourth-order valence-corrected chi connectivity index (χ4v) is 3.19. The average Bonchev–Trinajstić information content (AvgIpc) is 2.78. The summed E-state index contributed by atoms with van der Waals surface area (Å²) in [5.74, 6) is -0.342. The molecular formula is C21H19Cl4NO7. The molecule has 1 unspecified atom stereocenters. The maximum absolute atomic E-state index is 12.2. The van der Waals surface area contributed by atoms with Crippen LogP contribution < -0.4 is 14.8 Å². The Bertz CT molecular complexity index is 999. The van der Waals surface area contributed by atoms with Gasteiger partial charge in [-0.25, -0.2) is 4.79 Å². The largest absolute Gasteiger partial charge is 0.484 e. The number of amides is 1. The molecule has 178 valence electrons. The summed E-state index contributed by atoms with van der Waals surface area (Å²) in [6.45, 7) is 0.177. The minimum atomic E-state index is -1.22. The Balaban J connectivity index is 1.37. The van der Waals surface area contributed by atoms with E-state index < -0.39 is 30.5 Å². The molecule has 1 amide bonds. The first kappa shape index (κ1) is 25.7. The number of hydrogen-bond acceptors (Lipinski definition) is 7. The van der Waals surface area contributed by atoms with E-state index in [0.717, 1.165) is 0 Å². The quantitative estimate of drug-likeness (QED) is 0.494. The van der Waals surface area contributed by atoms with Crippen LogP contribution >= 0.6 is 46.4 Å². The fraction of sp³-hybridized carbons (Fsp3) is 0.333. The van der Waals surface area contributed by atoms with E-state index in [2.05, 4.69) is 5.32 Å². The van der Waals surface area contributed by atoms with Crippen molar-refractivity contribution in [3.8, 4) is 11.5 Å². The molecule has 1 atom stereocenters. The second-order valence-electron chi connectivity index (χ2n) is 6.86. The zero-order chi connectivity index (χ0) is 24.0. The average molecular weight is 539 g/mol. The van der Waals surface area contributed by atoms with Crippen LogP contribution in [0.2, 0.25) is 20.1 Å². The van der Waals surface area contributed by atoms with Crippen molar-refractivity contribution < 1.29 is 33.3 Å². The molecule has 0 radical (unpaired) electrons. The van der Waals surface area contributed by atoms with E-state index in [0.29, 0.717) is 31.6 Å². The molecule has 1 heterocycles. The molecule has 12 heteroatoms.